The topological polar surface area (TPSA) is 107 Å². The number of carbonyl (C=O) groups is 1. The Morgan fingerprint density at radius 2 is 1.98 bits per heavy atom. The molecule has 3 fully saturated rings. The van der Waals surface area contributed by atoms with Crippen molar-refractivity contribution >= 4 is 11.7 Å². The summed E-state index contributed by atoms with van der Waals surface area (Å²) in [5, 5.41) is 25.3. The highest BCUT2D eigenvalue weighted by Gasteiger charge is 2.59. The molecule has 8 nitrogen and oxygen atoms in total. The minimum Gasteiger partial charge on any atom is -0.462 e. The third kappa shape index (κ3) is 5.48. The van der Waals surface area contributed by atoms with Gasteiger partial charge in [0, 0.05) is 19.3 Å². The highest BCUT2D eigenvalue weighted by molar-refractivity contribution is 6.06. The Balaban J connectivity index is 1.53. The van der Waals surface area contributed by atoms with Gasteiger partial charge in [0.05, 0.1) is 18.8 Å². The highest BCUT2D eigenvalue weighted by atomic mass is 16.7. The van der Waals surface area contributed by atoms with Gasteiger partial charge in [-0.15, -0.1) is 0 Å². The van der Waals surface area contributed by atoms with Gasteiger partial charge in [-0.05, 0) is 62.5 Å². The van der Waals surface area contributed by atoms with E-state index in [0.29, 0.717) is 29.9 Å². The predicted molar refractivity (Wildman–Crippen MR) is 151 cm³/mol. The summed E-state index contributed by atoms with van der Waals surface area (Å²) < 4.78 is 25.5. The maximum absolute atomic E-state index is 13.9. The van der Waals surface area contributed by atoms with Crippen LogP contribution < -0.4 is 0 Å². The predicted octanol–water partition coefficient (Wildman–Crippen LogP) is 5.39. The van der Waals surface area contributed by atoms with Crippen LogP contribution >= 0.6 is 0 Å². The summed E-state index contributed by atoms with van der Waals surface area (Å²) in [6.07, 6.45) is 13.6. The van der Waals surface area contributed by atoms with Crippen molar-refractivity contribution in [3.63, 3.8) is 0 Å². The molecule has 0 amide bonds. The maximum atomic E-state index is 13.9. The lowest BCUT2D eigenvalue weighted by Crippen LogP contribution is -2.57. The second-order valence-electron chi connectivity index (χ2n) is 12.6. The first-order chi connectivity index (χ1) is 19.1. The third-order valence-electron chi connectivity index (χ3n) is 9.45. The van der Waals surface area contributed by atoms with Crippen LogP contribution in [-0.4, -0.2) is 64.4 Å². The van der Waals surface area contributed by atoms with Gasteiger partial charge < -0.3 is 29.3 Å². The van der Waals surface area contributed by atoms with Crippen molar-refractivity contribution in [2.75, 3.05) is 6.61 Å². The number of carbonyl (C=O) groups excluding carboxylic acids is 1. The molecule has 0 aromatic heterocycles. The standard InChI is InChI=1S/C32H45NO7/c1-6-27-21(4)12-13-31(40-27)17-25-16-24(39-31)11-10-20(3)14-19(2)8-7-9-23-18-37-29-28(33-36)22(5)15-26(30(34)38-25)32(23,29)35/h7-10,15,19,21,24-27,29,35-36H,6,11-14,16-18H2,1-5H3/b8-7?,20-10?,23-9?,33-28-/t19-,21-,24+,25-,26-,27+,29+,31+,32+/m0/s1. The smallest absolute Gasteiger partial charge is 0.316 e. The lowest BCUT2D eigenvalue weighted by atomic mass is 9.71. The van der Waals surface area contributed by atoms with E-state index in [1.165, 1.54) is 5.57 Å². The molecule has 3 saturated heterocycles. The summed E-state index contributed by atoms with van der Waals surface area (Å²) >= 11 is 0. The van der Waals surface area contributed by atoms with E-state index in [1.54, 1.807) is 13.0 Å². The van der Waals surface area contributed by atoms with Gasteiger partial charge in [-0.1, -0.05) is 61.9 Å². The number of ether oxygens (including phenoxy) is 4. The van der Waals surface area contributed by atoms with Crippen LogP contribution in [0.1, 0.15) is 79.6 Å². The molecule has 1 spiro atoms. The lowest BCUT2D eigenvalue weighted by molar-refractivity contribution is -0.335. The zero-order chi connectivity index (χ0) is 28.7. The zero-order valence-corrected chi connectivity index (χ0v) is 24.5. The molecular weight excluding hydrogens is 510 g/mol. The number of allylic oxidation sites excluding steroid dienone is 4. The summed E-state index contributed by atoms with van der Waals surface area (Å²) in [5.74, 6) is -1.60. The molecule has 40 heavy (non-hydrogen) atoms. The van der Waals surface area contributed by atoms with Gasteiger partial charge in [-0.25, -0.2) is 0 Å². The highest BCUT2D eigenvalue weighted by Crippen LogP contribution is 2.46. The summed E-state index contributed by atoms with van der Waals surface area (Å²) in [4.78, 5) is 13.9. The Labute approximate surface area is 237 Å². The van der Waals surface area contributed by atoms with Crippen LogP contribution in [0.4, 0.5) is 0 Å². The van der Waals surface area contributed by atoms with Crippen LogP contribution in [0.5, 0.6) is 0 Å². The molecule has 0 unspecified atom stereocenters. The molecular formula is C32H45NO7. The number of rotatable bonds is 1. The fourth-order valence-electron chi connectivity index (χ4n) is 7.22. The number of nitrogens with zero attached hydrogens (tertiary/aromatic N) is 1. The molecule has 220 valence electrons. The van der Waals surface area contributed by atoms with E-state index in [1.807, 2.05) is 12.2 Å². The normalized spacial score (nSPS) is 43.5. The molecule has 5 aliphatic rings. The molecule has 1 aliphatic carbocycles. The first kappa shape index (κ1) is 29.2. The first-order valence-corrected chi connectivity index (χ1v) is 14.9. The van der Waals surface area contributed by atoms with Crippen LogP contribution in [0.25, 0.3) is 0 Å². The maximum Gasteiger partial charge on any atom is 0.316 e. The van der Waals surface area contributed by atoms with Crippen molar-refractivity contribution in [1.82, 2.24) is 0 Å². The molecule has 2 bridgehead atoms. The van der Waals surface area contributed by atoms with Crippen molar-refractivity contribution in [3.8, 4) is 0 Å². The monoisotopic (exact) mass is 555 g/mol. The number of esters is 1. The van der Waals surface area contributed by atoms with Crippen molar-refractivity contribution in [2.45, 2.75) is 115 Å². The van der Waals surface area contributed by atoms with Crippen molar-refractivity contribution in [2.24, 2.45) is 22.9 Å². The third-order valence-corrected chi connectivity index (χ3v) is 9.45. The Kier molecular flexibility index (Phi) is 8.44. The van der Waals surface area contributed by atoms with Gasteiger partial charge in [0.25, 0.3) is 0 Å². The number of hydrogen-bond donors (Lipinski definition) is 2. The minimum atomic E-state index is -1.72. The van der Waals surface area contributed by atoms with Crippen molar-refractivity contribution in [3.05, 3.63) is 47.1 Å². The van der Waals surface area contributed by atoms with Crippen LogP contribution in [0.2, 0.25) is 0 Å². The van der Waals surface area contributed by atoms with E-state index >= 15 is 0 Å². The number of fused-ring (bicyclic) bond motifs is 2. The van der Waals surface area contributed by atoms with E-state index < -0.39 is 35.5 Å². The van der Waals surface area contributed by atoms with Gasteiger partial charge in [-0.2, -0.15) is 0 Å². The number of hydrogen-bond acceptors (Lipinski definition) is 8. The molecule has 0 aromatic rings. The molecule has 2 N–H and O–H groups in total. The van der Waals surface area contributed by atoms with Crippen LogP contribution in [-0.2, 0) is 23.7 Å². The fourth-order valence-corrected chi connectivity index (χ4v) is 7.22. The largest absolute Gasteiger partial charge is 0.462 e. The Bertz CT molecular complexity index is 1140. The van der Waals surface area contributed by atoms with Crippen LogP contribution in [0.3, 0.4) is 0 Å². The molecule has 4 aliphatic heterocycles. The number of aliphatic hydroxyl groups is 1. The molecule has 5 rings (SSSR count). The van der Waals surface area contributed by atoms with Gasteiger partial charge >= 0.3 is 5.97 Å². The van der Waals surface area contributed by atoms with E-state index in [-0.39, 0.29) is 30.4 Å². The lowest BCUT2D eigenvalue weighted by Gasteiger charge is -2.49. The Morgan fingerprint density at radius 1 is 1.18 bits per heavy atom. The summed E-state index contributed by atoms with van der Waals surface area (Å²) in [7, 11) is 0. The van der Waals surface area contributed by atoms with E-state index in [9.17, 15) is 15.1 Å². The van der Waals surface area contributed by atoms with Crippen LogP contribution in [0, 0.1) is 17.8 Å². The van der Waals surface area contributed by atoms with E-state index in [2.05, 4.69) is 45.0 Å². The minimum absolute atomic E-state index is 0.0940. The molecule has 4 heterocycles. The summed E-state index contributed by atoms with van der Waals surface area (Å²) in [6.45, 7) is 10.5. The number of oxime groups is 1. The summed E-state index contributed by atoms with van der Waals surface area (Å²) in [5.41, 5.74) is 0.922. The first-order valence-electron chi connectivity index (χ1n) is 14.9. The molecule has 9 atom stereocenters. The second-order valence-corrected chi connectivity index (χ2v) is 12.6. The van der Waals surface area contributed by atoms with E-state index in [0.717, 1.165) is 32.1 Å². The average molecular weight is 556 g/mol. The second kappa shape index (κ2) is 11.6. The zero-order valence-electron chi connectivity index (χ0n) is 24.5. The van der Waals surface area contributed by atoms with Crippen molar-refractivity contribution in [1.29, 1.82) is 0 Å². The molecule has 0 radical (unpaired) electrons. The van der Waals surface area contributed by atoms with Gasteiger partial charge in [0.2, 0.25) is 0 Å². The quantitative estimate of drug-likeness (QED) is 0.193. The fraction of sp³-hybridized carbons (Fsp3) is 0.688. The van der Waals surface area contributed by atoms with Crippen LogP contribution in [0.15, 0.2) is 52.3 Å². The molecule has 0 aromatic carbocycles. The Hall–Kier alpha value is -2.26. The van der Waals surface area contributed by atoms with Gasteiger partial charge in [0.15, 0.2) is 5.79 Å². The van der Waals surface area contributed by atoms with Crippen molar-refractivity contribution < 1.29 is 34.1 Å². The van der Waals surface area contributed by atoms with Gasteiger partial charge in [0.1, 0.15) is 29.4 Å². The van der Waals surface area contributed by atoms with E-state index in [4.69, 9.17) is 18.9 Å². The molecule has 0 saturated carbocycles. The Morgan fingerprint density at radius 3 is 2.73 bits per heavy atom. The average Bonchev–Trinajstić information content (AvgIpc) is 3.24. The SMILES string of the molecule is CC[C@H]1O[C@]2(CC[C@@H]1C)C[C@@H]1C[C@@H](CC=C(C)C[C@@H](C)C=CC=C3CO[C@@H]4/C(=N\O)C(C)=C[C@@H](C(=O)O1)[C@]34O)O2. The summed E-state index contributed by atoms with van der Waals surface area (Å²) in [6, 6.07) is 0. The van der Waals surface area contributed by atoms with Gasteiger partial charge in [-0.3, -0.25) is 4.79 Å². The molecule has 8 heteroatoms.